The zero-order valence-corrected chi connectivity index (χ0v) is 21.3. The molecule has 1 aliphatic heterocycles. The molecular weight excluding hydrogens is 471 g/mol. The Morgan fingerprint density at radius 2 is 2.03 bits per heavy atom. The van der Waals surface area contributed by atoms with Gasteiger partial charge >= 0.3 is 5.97 Å². The average Bonchev–Trinajstić information content (AvgIpc) is 2.91. The number of benzene rings is 2. The average molecular weight is 505 g/mol. The Balaban J connectivity index is 1.39. The maximum Gasteiger partial charge on any atom is 0.303 e. The Labute approximate surface area is 217 Å². The van der Waals surface area contributed by atoms with Gasteiger partial charge in [0, 0.05) is 24.5 Å². The van der Waals surface area contributed by atoms with Crippen LogP contribution >= 0.6 is 0 Å². The highest BCUT2D eigenvalue weighted by Crippen LogP contribution is 2.36. The molecule has 0 radical (unpaired) electrons. The summed E-state index contributed by atoms with van der Waals surface area (Å²) < 4.78 is 26.2. The molecule has 0 saturated carbocycles. The molecule has 6 nitrogen and oxygen atoms in total. The van der Waals surface area contributed by atoms with E-state index in [-0.39, 0.29) is 18.3 Å². The lowest BCUT2D eigenvalue weighted by molar-refractivity contribution is -0.139. The number of hydrogen-bond acceptors (Lipinski definition) is 5. The molecule has 0 spiro atoms. The van der Waals surface area contributed by atoms with Crippen LogP contribution in [-0.4, -0.2) is 54.8 Å². The largest absolute Gasteiger partial charge is 0.497 e. The van der Waals surface area contributed by atoms with Crippen LogP contribution in [0.2, 0.25) is 0 Å². The monoisotopic (exact) mass is 504 g/mol. The first kappa shape index (κ1) is 26.4. The second-order valence-corrected chi connectivity index (χ2v) is 9.47. The van der Waals surface area contributed by atoms with E-state index in [0.717, 1.165) is 35.2 Å². The second-order valence-electron chi connectivity index (χ2n) is 9.47. The van der Waals surface area contributed by atoms with Gasteiger partial charge < -0.3 is 14.6 Å². The fourth-order valence-corrected chi connectivity index (χ4v) is 5.19. The van der Waals surface area contributed by atoms with Gasteiger partial charge in [-0.1, -0.05) is 24.0 Å². The zero-order valence-electron chi connectivity index (χ0n) is 21.3. The smallest absolute Gasteiger partial charge is 0.303 e. The molecule has 0 bridgehead atoms. The number of carboxylic acids is 1. The molecule has 0 unspecified atom stereocenters. The van der Waals surface area contributed by atoms with Gasteiger partial charge in [-0.05, 0) is 79.6 Å². The van der Waals surface area contributed by atoms with Gasteiger partial charge in [0.25, 0.3) is 0 Å². The number of hydrogen-bond donors (Lipinski definition) is 1. The fraction of sp³-hybridized carbons (Fsp3) is 0.400. The number of piperidine rings is 1. The lowest BCUT2D eigenvalue weighted by Crippen LogP contribution is -2.41. The van der Waals surface area contributed by atoms with Gasteiger partial charge in [-0.25, -0.2) is 4.39 Å². The SMILES string of the molecule is COc1ccc2nccc([C@H](F)CC[C@@H]3CCN(CC#Cc4ccccc4OC)C[C@@H]3CC(=O)O)c2c1. The Morgan fingerprint density at radius 3 is 2.81 bits per heavy atom. The summed E-state index contributed by atoms with van der Waals surface area (Å²) in [6, 6.07) is 14.8. The highest BCUT2D eigenvalue weighted by Gasteiger charge is 2.31. The number of carbonyl (C=O) groups is 1. The molecule has 3 atom stereocenters. The number of para-hydroxylation sites is 1. The molecule has 0 amide bonds. The molecule has 4 rings (SSSR count). The Bertz CT molecular complexity index is 1290. The van der Waals surface area contributed by atoms with Gasteiger partial charge in [-0.15, -0.1) is 0 Å². The number of fused-ring (bicyclic) bond motifs is 1. The van der Waals surface area contributed by atoms with Crippen LogP contribution in [0.5, 0.6) is 11.5 Å². The third-order valence-electron chi connectivity index (χ3n) is 7.16. The number of rotatable bonds is 9. The van der Waals surface area contributed by atoms with Crippen LogP contribution in [0.1, 0.15) is 43.0 Å². The van der Waals surface area contributed by atoms with Crippen LogP contribution in [0, 0.1) is 23.7 Å². The summed E-state index contributed by atoms with van der Waals surface area (Å²) in [6.45, 7) is 2.01. The first-order valence-corrected chi connectivity index (χ1v) is 12.6. The number of halogens is 1. The van der Waals surface area contributed by atoms with E-state index in [9.17, 15) is 9.90 Å². The van der Waals surface area contributed by atoms with Gasteiger partial charge in [-0.2, -0.15) is 0 Å². The van der Waals surface area contributed by atoms with Crippen molar-refractivity contribution >= 4 is 16.9 Å². The summed E-state index contributed by atoms with van der Waals surface area (Å²) in [5, 5.41) is 10.3. The summed E-state index contributed by atoms with van der Waals surface area (Å²) in [4.78, 5) is 18.1. The van der Waals surface area contributed by atoms with Gasteiger partial charge in [-0.3, -0.25) is 14.7 Å². The van der Waals surface area contributed by atoms with Crippen LogP contribution in [0.15, 0.2) is 54.7 Å². The van der Waals surface area contributed by atoms with E-state index < -0.39 is 12.1 Å². The van der Waals surface area contributed by atoms with Gasteiger partial charge in [0.05, 0.1) is 31.8 Å². The number of methoxy groups -OCH3 is 2. The number of alkyl halides is 1. The molecule has 1 fully saturated rings. The van der Waals surface area contributed by atoms with Crippen molar-refractivity contribution in [2.24, 2.45) is 11.8 Å². The predicted octanol–water partition coefficient (Wildman–Crippen LogP) is 5.51. The van der Waals surface area contributed by atoms with Gasteiger partial charge in [0.1, 0.15) is 17.7 Å². The first-order chi connectivity index (χ1) is 18.0. The summed E-state index contributed by atoms with van der Waals surface area (Å²) in [5.41, 5.74) is 2.16. The van der Waals surface area contributed by atoms with Gasteiger partial charge in [0.15, 0.2) is 0 Å². The molecule has 1 aliphatic rings. The molecular formula is C30H33FN2O4. The van der Waals surface area contributed by atoms with Crippen molar-refractivity contribution in [3.63, 3.8) is 0 Å². The van der Waals surface area contributed by atoms with E-state index in [4.69, 9.17) is 9.47 Å². The van der Waals surface area contributed by atoms with Crippen LogP contribution in [0.3, 0.4) is 0 Å². The van der Waals surface area contributed by atoms with E-state index in [1.807, 2.05) is 42.5 Å². The van der Waals surface area contributed by atoms with Crippen molar-refractivity contribution in [1.82, 2.24) is 9.88 Å². The minimum absolute atomic E-state index is 0.0409. The molecule has 0 aliphatic carbocycles. The van der Waals surface area contributed by atoms with Crippen LogP contribution < -0.4 is 9.47 Å². The van der Waals surface area contributed by atoms with E-state index >= 15 is 4.39 Å². The second kappa shape index (κ2) is 12.6. The minimum atomic E-state index is -1.16. The minimum Gasteiger partial charge on any atom is -0.497 e. The number of likely N-dealkylation sites (tertiary alicyclic amines) is 1. The predicted molar refractivity (Wildman–Crippen MR) is 142 cm³/mol. The van der Waals surface area contributed by atoms with E-state index in [2.05, 4.69) is 21.7 Å². The number of aliphatic carboxylic acids is 1. The molecule has 2 heterocycles. The zero-order chi connectivity index (χ0) is 26.2. The summed E-state index contributed by atoms with van der Waals surface area (Å²) >= 11 is 0. The fourth-order valence-electron chi connectivity index (χ4n) is 5.19. The highest BCUT2D eigenvalue weighted by molar-refractivity contribution is 5.83. The van der Waals surface area contributed by atoms with Crippen molar-refractivity contribution in [3.05, 3.63) is 65.9 Å². The highest BCUT2D eigenvalue weighted by atomic mass is 19.1. The molecule has 194 valence electrons. The maximum atomic E-state index is 15.5. The van der Waals surface area contributed by atoms with Crippen LogP contribution in [-0.2, 0) is 4.79 Å². The van der Waals surface area contributed by atoms with E-state index in [0.29, 0.717) is 37.2 Å². The van der Waals surface area contributed by atoms with Crippen molar-refractivity contribution < 1.29 is 23.8 Å². The Kier molecular flexibility index (Phi) is 8.97. The van der Waals surface area contributed by atoms with Crippen molar-refractivity contribution in [2.75, 3.05) is 33.9 Å². The number of ether oxygens (including phenoxy) is 2. The number of pyridine rings is 1. The number of aromatic nitrogens is 1. The summed E-state index contributed by atoms with van der Waals surface area (Å²) in [6.07, 6.45) is 2.35. The van der Waals surface area contributed by atoms with Crippen molar-refractivity contribution in [3.8, 4) is 23.3 Å². The maximum absolute atomic E-state index is 15.5. The standard InChI is InChI=1S/C30H33FN2O4/c1-36-24-10-12-28-26(19-24)25(13-15-32-28)27(31)11-9-21-14-17-33(20-23(21)18-30(34)35)16-5-7-22-6-3-4-8-29(22)37-2/h3-4,6,8,10,12-13,15,19,21,23,27H,9,11,14,16-18,20H2,1-2H3,(H,34,35)/t21-,23+,27-/m1/s1. The topological polar surface area (TPSA) is 71.9 Å². The molecule has 1 saturated heterocycles. The third-order valence-corrected chi connectivity index (χ3v) is 7.16. The molecule has 7 heteroatoms. The van der Waals surface area contributed by atoms with Crippen molar-refractivity contribution in [2.45, 2.75) is 31.9 Å². The molecule has 2 aromatic carbocycles. The Morgan fingerprint density at radius 1 is 1.19 bits per heavy atom. The lowest BCUT2D eigenvalue weighted by Gasteiger charge is -2.37. The lowest BCUT2D eigenvalue weighted by atomic mass is 9.79. The summed E-state index contributed by atoms with van der Waals surface area (Å²) in [7, 11) is 3.21. The van der Waals surface area contributed by atoms with E-state index in [1.165, 1.54) is 0 Å². The molecule has 1 aromatic heterocycles. The quantitative estimate of drug-likeness (QED) is 0.388. The third kappa shape index (κ3) is 6.78. The Hall–Kier alpha value is -3.63. The van der Waals surface area contributed by atoms with Gasteiger partial charge in [0.2, 0.25) is 0 Å². The first-order valence-electron chi connectivity index (χ1n) is 12.6. The normalized spacial score (nSPS) is 18.6. The number of nitrogens with zero attached hydrogens (tertiary/aromatic N) is 2. The van der Waals surface area contributed by atoms with Crippen molar-refractivity contribution in [1.29, 1.82) is 0 Å². The van der Waals surface area contributed by atoms with E-state index in [1.54, 1.807) is 26.5 Å². The van der Waals surface area contributed by atoms with Crippen LogP contribution in [0.4, 0.5) is 4.39 Å². The molecule has 3 aromatic rings. The summed E-state index contributed by atoms with van der Waals surface area (Å²) in [5.74, 6) is 7.06. The number of carboxylic acid groups (broad SMARTS) is 1. The van der Waals surface area contributed by atoms with Crippen LogP contribution in [0.25, 0.3) is 10.9 Å². The molecule has 1 N–H and O–H groups in total. The molecule has 37 heavy (non-hydrogen) atoms.